The lowest BCUT2D eigenvalue weighted by Gasteiger charge is -2.28. The van der Waals surface area contributed by atoms with Crippen LogP contribution in [-0.4, -0.2) is 17.9 Å². The molecule has 0 saturated carbocycles. The number of hydroxylamine groups is 1. The SMILES string of the molecule is Cc1ccc([C@H]2[C@H]3C(=O)N(c4sc5c(c4C#N)CCCC5)C(=O)[C@@H]3ON2c2ccccc2)cc1. The number of nitriles is 1. The van der Waals surface area contributed by atoms with Gasteiger partial charge in [-0.25, -0.2) is 9.96 Å². The van der Waals surface area contributed by atoms with Crippen LogP contribution in [0.4, 0.5) is 10.7 Å². The van der Waals surface area contributed by atoms with E-state index in [4.69, 9.17) is 4.84 Å². The number of aryl methyl sites for hydroxylation is 2. The van der Waals surface area contributed by atoms with Crippen molar-refractivity contribution in [2.45, 2.75) is 44.8 Å². The molecule has 0 radical (unpaired) electrons. The number of hydrogen-bond acceptors (Lipinski definition) is 6. The Balaban J connectivity index is 1.44. The third-order valence-corrected chi connectivity index (χ3v) is 8.29. The summed E-state index contributed by atoms with van der Waals surface area (Å²) in [6, 6.07) is 19.4. The highest BCUT2D eigenvalue weighted by Crippen LogP contribution is 2.50. The van der Waals surface area contributed by atoms with Gasteiger partial charge in [0.05, 0.1) is 17.3 Å². The van der Waals surface area contributed by atoms with Crippen molar-refractivity contribution in [3.05, 3.63) is 81.7 Å². The van der Waals surface area contributed by atoms with Gasteiger partial charge < -0.3 is 0 Å². The van der Waals surface area contributed by atoms with Gasteiger partial charge in [0, 0.05) is 4.88 Å². The number of carbonyl (C=O) groups excluding carboxylic acids is 2. The fourth-order valence-corrected chi connectivity index (χ4v) is 6.69. The maximum absolute atomic E-state index is 13.9. The van der Waals surface area contributed by atoms with E-state index < -0.39 is 18.1 Å². The number of rotatable bonds is 3. The molecule has 2 amide bonds. The Hall–Kier alpha value is -3.47. The molecule has 2 aromatic carbocycles. The monoisotopic (exact) mass is 469 g/mol. The van der Waals surface area contributed by atoms with Crippen molar-refractivity contribution in [1.29, 1.82) is 5.26 Å². The molecule has 34 heavy (non-hydrogen) atoms. The number of carbonyl (C=O) groups is 2. The van der Waals surface area contributed by atoms with Crippen LogP contribution in [0.1, 0.15) is 46.0 Å². The number of fused-ring (bicyclic) bond motifs is 2. The number of imide groups is 1. The number of benzene rings is 2. The molecule has 0 spiro atoms. The minimum absolute atomic E-state index is 0.297. The normalized spacial score (nSPS) is 23.7. The first-order chi connectivity index (χ1) is 16.6. The van der Waals surface area contributed by atoms with Gasteiger partial charge in [-0.3, -0.25) is 14.4 Å². The molecular formula is C27H23N3O3S. The highest BCUT2D eigenvalue weighted by Gasteiger charge is 2.61. The highest BCUT2D eigenvalue weighted by molar-refractivity contribution is 7.17. The Morgan fingerprint density at radius 3 is 2.47 bits per heavy atom. The topological polar surface area (TPSA) is 73.6 Å². The molecule has 1 aromatic heterocycles. The van der Waals surface area contributed by atoms with Crippen LogP contribution in [0.15, 0.2) is 54.6 Å². The third-order valence-electron chi connectivity index (χ3n) is 7.01. The third kappa shape index (κ3) is 3.10. The van der Waals surface area contributed by atoms with E-state index in [9.17, 15) is 14.9 Å². The van der Waals surface area contributed by atoms with Gasteiger partial charge in [0.1, 0.15) is 17.0 Å². The molecule has 2 saturated heterocycles. The zero-order valence-corrected chi connectivity index (χ0v) is 19.5. The summed E-state index contributed by atoms with van der Waals surface area (Å²) < 4.78 is 0. The van der Waals surface area contributed by atoms with E-state index >= 15 is 0 Å². The van der Waals surface area contributed by atoms with Gasteiger partial charge in [0.25, 0.3) is 5.91 Å². The van der Waals surface area contributed by atoms with Crippen molar-refractivity contribution >= 4 is 33.8 Å². The summed E-state index contributed by atoms with van der Waals surface area (Å²) in [5.41, 5.74) is 4.31. The summed E-state index contributed by atoms with van der Waals surface area (Å²) in [6.07, 6.45) is 2.87. The van der Waals surface area contributed by atoms with Crippen LogP contribution in [0, 0.1) is 24.2 Å². The second kappa shape index (κ2) is 8.08. The summed E-state index contributed by atoms with van der Waals surface area (Å²) >= 11 is 1.42. The predicted molar refractivity (Wildman–Crippen MR) is 129 cm³/mol. The fourth-order valence-electron chi connectivity index (χ4n) is 5.34. The number of hydrogen-bond donors (Lipinski definition) is 0. The molecule has 170 valence electrons. The molecule has 3 heterocycles. The second-order valence-corrected chi connectivity index (χ2v) is 10.2. The Kier molecular flexibility index (Phi) is 5.01. The minimum Gasteiger partial charge on any atom is -0.273 e. The van der Waals surface area contributed by atoms with Crippen molar-refractivity contribution in [2.75, 3.05) is 9.96 Å². The maximum atomic E-state index is 13.9. The zero-order chi connectivity index (χ0) is 23.4. The molecule has 7 heteroatoms. The van der Waals surface area contributed by atoms with E-state index in [0.29, 0.717) is 10.6 Å². The first-order valence-corrected chi connectivity index (χ1v) is 12.4. The molecule has 2 fully saturated rings. The number of para-hydroxylation sites is 1. The number of nitrogens with zero attached hydrogens (tertiary/aromatic N) is 3. The van der Waals surface area contributed by atoms with E-state index in [1.54, 1.807) is 5.06 Å². The number of thiophene rings is 1. The predicted octanol–water partition coefficient (Wildman–Crippen LogP) is 4.86. The molecule has 0 unspecified atom stereocenters. The number of amides is 2. The molecule has 6 rings (SSSR count). The lowest BCUT2D eigenvalue weighted by Crippen LogP contribution is -2.37. The summed E-state index contributed by atoms with van der Waals surface area (Å²) in [5.74, 6) is -1.38. The lowest BCUT2D eigenvalue weighted by molar-refractivity contribution is -0.126. The molecule has 6 nitrogen and oxygen atoms in total. The quantitative estimate of drug-likeness (QED) is 0.512. The highest BCUT2D eigenvalue weighted by atomic mass is 32.1. The van der Waals surface area contributed by atoms with Gasteiger partial charge in [0.2, 0.25) is 5.91 Å². The van der Waals surface area contributed by atoms with Gasteiger partial charge in [-0.1, -0.05) is 48.0 Å². The second-order valence-electron chi connectivity index (χ2n) is 9.08. The van der Waals surface area contributed by atoms with Crippen LogP contribution in [0.5, 0.6) is 0 Å². The Morgan fingerprint density at radius 2 is 1.74 bits per heavy atom. The van der Waals surface area contributed by atoms with Crippen LogP contribution in [0.2, 0.25) is 0 Å². The molecule has 1 aliphatic carbocycles. The van der Waals surface area contributed by atoms with Crippen LogP contribution >= 0.6 is 11.3 Å². The Morgan fingerprint density at radius 1 is 1.00 bits per heavy atom. The lowest BCUT2D eigenvalue weighted by atomic mass is 9.90. The number of anilines is 2. The largest absolute Gasteiger partial charge is 0.273 e. The maximum Gasteiger partial charge on any atom is 0.267 e. The van der Waals surface area contributed by atoms with Gasteiger partial charge in [0.15, 0.2) is 6.10 Å². The summed E-state index contributed by atoms with van der Waals surface area (Å²) in [6.45, 7) is 2.01. The van der Waals surface area contributed by atoms with Crippen molar-refractivity contribution < 1.29 is 14.4 Å². The smallest absolute Gasteiger partial charge is 0.267 e. The Bertz CT molecular complexity index is 1330. The van der Waals surface area contributed by atoms with Gasteiger partial charge in [-0.15, -0.1) is 11.3 Å². The van der Waals surface area contributed by atoms with Crippen molar-refractivity contribution in [1.82, 2.24) is 0 Å². The Labute approximate surface area is 201 Å². The van der Waals surface area contributed by atoms with Crippen molar-refractivity contribution in [2.24, 2.45) is 5.92 Å². The van der Waals surface area contributed by atoms with E-state index in [1.165, 1.54) is 16.2 Å². The van der Waals surface area contributed by atoms with Gasteiger partial charge in [-0.2, -0.15) is 5.26 Å². The van der Waals surface area contributed by atoms with Crippen molar-refractivity contribution in [3.63, 3.8) is 0 Å². The molecule has 3 aliphatic rings. The standard InChI is InChI=1S/C27H23N3O3S/c1-16-11-13-17(14-12-16)23-22-24(33-30(23)18-7-3-2-4-8-18)26(32)29(25(22)31)27-20(15-28)19-9-5-6-10-21(19)34-27/h2-4,7-8,11-14,22-24H,5-6,9-10H2,1H3/t22-,23+,24-/m1/s1. The van der Waals surface area contributed by atoms with E-state index in [-0.39, 0.29) is 11.8 Å². The van der Waals surface area contributed by atoms with Crippen LogP contribution in [0.3, 0.4) is 0 Å². The molecule has 0 bridgehead atoms. The molecule has 3 atom stereocenters. The average molecular weight is 470 g/mol. The van der Waals surface area contributed by atoms with Crippen molar-refractivity contribution in [3.8, 4) is 6.07 Å². The van der Waals surface area contributed by atoms with Gasteiger partial charge >= 0.3 is 0 Å². The first kappa shape index (κ1) is 21.1. The van der Waals surface area contributed by atoms with E-state index in [1.807, 2.05) is 61.5 Å². The summed E-state index contributed by atoms with van der Waals surface area (Å²) in [5, 5.41) is 12.1. The zero-order valence-electron chi connectivity index (χ0n) is 18.7. The minimum atomic E-state index is -0.926. The average Bonchev–Trinajstić information content (AvgIpc) is 3.50. The van der Waals surface area contributed by atoms with Crippen LogP contribution in [0.25, 0.3) is 0 Å². The van der Waals surface area contributed by atoms with Crippen LogP contribution < -0.4 is 9.96 Å². The molecule has 0 N–H and O–H groups in total. The van der Waals surface area contributed by atoms with E-state index in [0.717, 1.165) is 52.9 Å². The van der Waals surface area contributed by atoms with Gasteiger partial charge in [-0.05, 0) is 55.9 Å². The molecule has 2 aliphatic heterocycles. The molecule has 3 aromatic rings. The summed E-state index contributed by atoms with van der Waals surface area (Å²) in [7, 11) is 0. The summed E-state index contributed by atoms with van der Waals surface area (Å²) in [4.78, 5) is 36.1. The van der Waals surface area contributed by atoms with Crippen LogP contribution in [-0.2, 0) is 27.3 Å². The first-order valence-electron chi connectivity index (χ1n) is 11.6. The molecular weight excluding hydrogens is 446 g/mol. The van der Waals surface area contributed by atoms with E-state index in [2.05, 4.69) is 6.07 Å². The fraction of sp³-hybridized carbons (Fsp3) is 0.296.